The summed E-state index contributed by atoms with van der Waals surface area (Å²) in [6.45, 7) is 3.63. The zero-order valence-corrected chi connectivity index (χ0v) is 20.2. The van der Waals surface area contributed by atoms with Crippen LogP contribution in [0, 0.1) is 12.7 Å². The van der Waals surface area contributed by atoms with Crippen LogP contribution in [0.15, 0.2) is 73.1 Å². The van der Waals surface area contributed by atoms with E-state index in [1.165, 1.54) is 28.8 Å². The number of para-hydroxylation sites is 1. The van der Waals surface area contributed by atoms with Crippen molar-refractivity contribution in [2.75, 3.05) is 4.90 Å². The lowest BCUT2D eigenvalue weighted by molar-refractivity contribution is -0.577. The van der Waals surface area contributed by atoms with Crippen molar-refractivity contribution in [3.63, 3.8) is 0 Å². The van der Waals surface area contributed by atoms with Crippen LogP contribution in [-0.4, -0.2) is 21.6 Å². The van der Waals surface area contributed by atoms with E-state index in [1.807, 2.05) is 13.0 Å². The summed E-state index contributed by atoms with van der Waals surface area (Å²) in [6, 6.07) is 15.7. The molecule has 7 nitrogen and oxygen atoms in total. The molecular weight excluding hydrogens is 483 g/mol. The van der Waals surface area contributed by atoms with Gasteiger partial charge >= 0.3 is 5.91 Å². The van der Waals surface area contributed by atoms with Crippen molar-refractivity contribution in [1.29, 1.82) is 0 Å². The average Bonchev–Trinajstić information content (AvgIpc) is 3.31. The lowest BCUT2D eigenvalue weighted by Gasteiger charge is -2.16. The second-order valence-electron chi connectivity index (χ2n) is 8.28. The van der Waals surface area contributed by atoms with Gasteiger partial charge in [0.25, 0.3) is 11.6 Å². The quantitative estimate of drug-likeness (QED) is 0.307. The highest BCUT2D eigenvalue weighted by Gasteiger charge is 2.48. The smallest absolute Gasteiger partial charge is 0.331 e. The normalized spacial score (nSPS) is 13.7. The SMILES string of the molecule is CCc1nn(-c2cccc(Cl)c2)c([O-])c1C1=C([n+]2cccc(C)c2)C(=O)N(c2ccccc2F)C1=O. The Kier molecular flexibility index (Phi) is 5.89. The Morgan fingerprint density at radius 2 is 1.83 bits per heavy atom. The second-order valence-corrected chi connectivity index (χ2v) is 8.72. The van der Waals surface area contributed by atoms with E-state index in [1.54, 1.807) is 49.6 Å². The van der Waals surface area contributed by atoms with Gasteiger partial charge in [-0.15, -0.1) is 0 Å². The molecule has 0 atom stereocenters. The first-order chi connectivity index (χ1) is 17.3. The topological polar surface area (TPSA) is 82.1 Å². The maximum atomic E-state index is 14.7. The molecule has 1 aliphatic rings. The molecule has 4 aromatic rings. The molecule has 0 bridgehead atoms. The van der Waals surface area contributed by atoms with Gasteiger partial charge in [-0.3, -0.25) is 9.59 Å². The van der Waals surface area contributed by atoms with Gasteiger partial charge in [0.1, 0.15) is 11.4 Å². The van der Waals surface area contributed by atoms with Crippen molar-refractivity contribution < 1.29 is 23.7 Å². The fourth-order valence-corrected chi connectivity index (χ4v) is 4.48. The van der Waals surface area contributed by atoms with Crippen molar-refractivity contribution in [3.05, 3.63) is 101 Å². The number of hydrogen-bond donors (Lipinski definition) is 0. The van der Waals surface area contributed by atoms with Gasteiger partial charge in [-0.2, -0.15) is 9.67 Å². The summed E-state index contributed by atoms with van der Waals surface area (Å²) < 4.78 is 17.4. The third-order valence-corrected chi connectivity index (χ3v) is 6.15. The zero-order chi connectivity index (χ0) is 25.6. The van der Waals surface area contributed by atoms with Gasteiger partial charge in [0.2, 0.25) is 0 Å². The molecule has 0 saturated carbocycles. The molecule has 9 heteroatoms. The lowest BCUT2D eigenvalue weighted by atomic mass is 10.0. The third kappa shape index (κ3) is 3.76. The molecule has 36 heavy (non-hydrogen) atoms. The van der Waals surface area contributed by atoms with Crippen LogP contribution < -0.4 is 14.6 Å². The first-order valence-corrected chi connectivity index (χ1v) is 11.6. The monoisotopic (exact) mass is 502 g/mol. The maximum absolute atomic E-state index is 14.7. The first kappa shape index (κ1) is 23.4. The molecule has 5 rings (SSSR count). The van der Waals surface area contributed by atoms with E-state index in [0.29, 0.717) is 22.8 Å². The lowest BCUT2D eigenvalue weighted by Crippen LogP contribution is -2.40. The average molecular weight is 503 g/mol. The zero-order valence-electron chi connectivity index (χ0n) is 19.4. The number of hydrogen-bond acceptors (Lipinski definition) is 4. The number of aromatic nitrogens is 3. The van der Waals surface area contributed by atoms with Crippen LogP contribution in [0.1, 0.15) is 23.7 Å². The van der Waals surface area contributed by atoms with E-state index >= 15 is 0 Å². The Balaban J connectivity index is 1.79. The predicted molar refractivity (Wildman–Crippen MR) is 131 cm³/mol. The number of amides is 2. The highest BCUT2D eigenvalue weighted by atomic mass is 35.5. The van der Waals surface area contributed by atoms with Gasteiger partial charge in [0, 0.05) is 22.2 Å². The van der Waals surface area contributed by atoms with Gasteiger partial charge in [0.15, 0.2) is 12.4 Å². The number of rotatable bonds is 5. The van der Waals surface area contributed by atoms with Crippen molar-refractivity contribution in [1.82, 2.24) is 9.78 Å². The summed E-state index contributed by atoms with van der Waals surface area (Å²) in [6.07, 6.45) is 3.59. The van der Waals surface area contributed by atoms with Crippen molar-refractivity contribution in [2.45, 2.75) is 20.3 Å². The minimum Gasteiger partial charge on any atom is -0.858 e. The van der Waals surface area contributed by atoms with Crippen LogP contribution >= 0.6 is 11.6 Å². The molecule has 0 aliphatic carbocycles. The van der Waals surface area contributed by atoms with E-state index in [-0.39, 0.29) is 22.5 Å². The van der Waals surface area contributed by atoms with Gasteiger partial charge < -0.3 is 5.11 Å². The Hall–Kier alpha value is -4.30. The number of nitrogens with zero attached hydrogens (tertiary/aromatic N) is 4. The summed E-state index contributed by atoms with van der Waals surface area (Å²) >= 11 is 6.12. The molecule has 2 amide bonds. The number of pyridine rings is 1. The Bertz CT molecular complexity index is 1580. The number of carbonyl (C=O) groups excluding carboxylic acids is 2. The van der Waals surface area contributed by atoms with E-state index in [9.17, 15) is 19.1 Å². The van der Waals surface area contributed by atoms with Crippen molar-refractivity contribution in [2.24, 2.45) is 0 Å². The molecular formula is C27H20ClFN4O3. The highest BCUT2D eigenvalue weighted by molar-refractivity contribution is 6.53. The summed E-state index contributed by atoms with van der Waals surface area (Å²) in [4.78, 5) is 28.3. The molecule has 0 saturated heterocycles. The van der Waals surface area contributed by atoms with Crippen molar-refractivity contribution in [3.8, 4) is 11.6 Å². The molecule has 180 valence electrons. The summed E-state index contributed by atoms with van der Waals surface area (Å²) in [5, 5.41) is 18.6. The minimum atomic E-state index is -0.799. The fraction of sp³-hybridized carbons (Fsp3) is 0.111. The largest absolute Gasteiger partial charge is 0.858 e. The summed E-state index contributed by atoms with van der Waals surface area (Å²) in [5.41, 5.74) is 1.19. The van der Waals surface area contributed by atoms with Gasteiger partial charge in [-0.1, -0.05) is 36.7 Å². The number of halogens is 2. The molecule has 0 spiro atoms. The second kappa shape index (κ2) is 9.05. The molecule has 0 N–H and O–H groups in total. The summed E-state index contributed by atoms with van der Waals surface area (Å²) in [5.74, 6) is -2.85. The van der Waals surface area contributed by atoms with Crippen LogP contribution in [0.2, 0.25) is 5.02 Å². The molecule has 3 heterocycles. The minimum absolute atomic E-state index is 0.00123. The Morgan fingerprint density at radius 3 is 2.53 bits per heavy atom. The van der Waals surface area contributed by atoms with Crippen LogP contribution in [-0.2, 0) is 16.0 Å². The van der Waals surface area contributed by atoms with E-state index in [0.717, 1.165) is 15.1 Å². The molecule has 0 radical (unpaired) electrons. The number of aryl methyl sites for hydroxylation is 2. The van der Waals surface area contributed by atoms with Gasteiger partial charge in [-0.05, 0) is 55.6 Å². The highest BCUT2D eigenvalue weighted by Crippen LogP contribution is 2.39. The molecule has 1 aliphatic heterocycles. The van der Waals surface area contributed by atoms with Crippen LogP contribution in [0.3, 0.4) is 0 Å². The molecule has 0 unspecified atom stereocenters. The van der Waals surface area contributed by atoms with Gasteiger partial charge in [0.05, 0.1) is 17.1 Å². The number of carbonyl (C=O) groups is 2. The maximum Gasteiger partial charge on any atom is 0.331 e. The standard InChI is InChI=1S/C27H20ClFN4O3/c1-3-20-22(26(35)33(30-20)18-10-6-9-17(28)14-18)23-24(31-13-7-8-16(2)15-31)27(36)32(25(23)34)21-12-5-4-11-19(21)29/h4-15H,3H2,1-2H3. The predicted octanol–water partition coefficient (Wildman–Crippen LogP) is 3.84. The van der Waals surface area contributed by atoms with E-state index in [2.05, 4.69) is 5.10 Å². The molecule has 2 aromatic heterocycles. The number of benzene rings is 2. The van der Waals surface area contributed by atoms with Crippen LogP contribution in [0.4, 0.5) is 10.1 Å². The number of imide groups is 1. The fourth-order valence-electron chi connectivity index (χ4n) is 4.29. The summed E-state index contributed by atoms with van der Waals surface area (Å²) in [7, 11) is 0. The van der Waals surface area contributed by atoms with E-state index in [4.69, 9.17) is 11.6 Å². The number of anilines is 1. The first-order valence-electron chi connectivity index (χ1n) is 11.2. The third-order valence-electron chi connectivity index (χ3n) is 5.91. The van der Waals surface area contributed by atoms with E-state index < -0.39 is 23.5 Å². The van der Waals surface area contributed by atoms with Crippen LogP contribution in [0.5, 0.6) is 5.88 Å². The van der Waals surface area contributed by atoms with Gasteiger partial charge in [-0.25, -0.2) is 14.0 Å². The Morgan fingerprint density at radius 1 is 1.06 bits per heavy atom. The molecule has 0 fully saturated rings. The van der Waals surface area contributed by atoms with Crippen LogP contribution in [0.25, 0.3) is 17.0 Å². The van der Waals surface area contributed by atoms with Crippen molar-refractivity contribution >= 4 is 40.4 Å². The molecule has 2 aromatic carbocycles. The Labute approximate surface area is 211 Å².